The van der Waals surface area contributed by atoms with E-state index in [-0.39, 0.29) is 24.0 Å². The van der Waals surface area contributed by atoms with Crippen molar-refractivity contribution in [2.24, 2.45) is 4.99 Å². The third-order valence-electron chi connectivity index (χ3n) is 3.86. The van der Waals surface area contributed by atoms with Crippen molar-refractivity contribution in [3.05, 3.63) is 77.5 Å². The first-order chi connectivity index (χ1) is 12.2. The zero-order valence-electron chi connectivity index (χ0n) is 14.9. The van der Waals surface area contributed by atoms with Crippen molar-refractivity contribution in [1.82, 2.24) is 15.8 Å². The molecule has 3 aromatic rings. The summed E-state index contributed by atoms with van der Waals surface area (Å²) in [6, 6.07) is 20.3. The third-order valence-corrected chi connectivity index (χ3v) is 3.86. The Balaban J connectivity index is 0.00000243. The molecule has 0 unspecified atom stereocenters. The molecule has 1 heterocycles. The zero-order valence-corrected chi connectivity index (χ0v) is 17.2. The van der Waals surface area contributed by atoms with Gasteiger partial charge in [-0.3, -0.25) is 4.99 Å². The first-order valence-corrected chi connectivity index (χ1v) is 8.25. The van der Waals surface area contributed by atoms with E-state index in [1.54, 1.807) is 7.05 Å². The molecule has 0 radical (unpaired) electrons. The average Bonchev–Trinajstić information content (AvgIpc) is 3.13. The van der Waals surface area contributed by atoms with Crippen molar-refractivity contribution in [3.63, 3.8) is 0 Å². The lowest BCUT2D eigenvalue weighted by Crippen LogP contribution is -2.36. The highest BCUT2D eigenvalue weighted by atomic mass is 127. The highest BCUT2D eigenvalue weighted by molar-refractivity contribution is 14.0. The largest absolute Gasteiger partial charge is 0.356 e. The summed E-state index contributed by atoms with van der Waals surface area (Å²) in [6.07, 6.45) is 0. The van der Waals surface area contributed by atoms with Crippen LogP contribution in [-0.4, -0.2) is 18.2 Å². The van der Waals surface area contributed by atoms with Crippen LogP contribution in [0.15, 0.2) is 70.2 Å². The predicted molar refractivity (Wildman–Crippen MR) is 116 cm³/mol. The van der Waals surface area contributed by atoms with Gasteiger partial charge in [0, 0.05) is 25.2 Å². The smallest absolute Gasteiger partial charge is 0.191 e. The molecule has 6 heteroatoms. The quantitative estimate of drug-likeness (QED) is 0.340. The Kier molecular flexibility index (Phi) is 7.65. The molecule has 0 aliphatic rings. The molecule has 0 spiro atoms. The molecule has 3 rings (SSSR count). The lowest BCUT2D eigenvalue weighted by atomic mass is 10.1. The summed E-state index contributed by atoms with van der Waals surface area (Å²) < 4.78 is 5.41. The molecule has 0 atom stereocenters. The number of guanidine groups is 1. The molecule has 0 saturated carbocycles. The van der Waals surface area contributed by atoms with Crippen LogP contribution in [0, 0.1) is 6.92 Å². The summed E-state index contributed by atoms with van der Waals surface area (Å²) in [5, 5.41) is 10.6. The number of benzene rings is 2. The SMILES string of the molecule is CN=C(NCc1ccc(C)cc1)NCc1cc(-c2ccccc2)on1.I. The molecule has 136 valence electrons. The van der Waals surface area contributed by atoms with Gasteiger partial charge in [-0.15, -0.1) is 24.0 Å². The number of aromatic nitrogens is 1. The Bertz CT molecular complexity index is 829. The number of aliphatic imine (C=N–C) groups is 1. The third kappa shape index (κ3) is 5.59. The van der Waals surface area contributed by atoms with Gasteiger partial charge in [-0.25, -0.2) is 0 Å². The molecular formula is C20H23IN4O. The molecule has 2 aromatic carbocycles. The Hall–Kier alpha value is -2.35. The maximum Gasteiger partial charge on any atom is 0.191 e. The van der Waals surface area contributed by atoms with Gasteiger partial charge in [-0.2, -0.15) is 0 Å². The highest BCUT2D eigenvalue weighted by Crippen LogP contribution is 2.19. The molecule has 0 aliphatic carbocycles. The standard InChI is InChI=1S/C20H22N4O.HI/c1-15-8-10-16(11-9-15)13-22-20(21-2)23-14-18-12-19(25-24-18)17-6-4-3-5-7-17;/h3-12H,13-14H2,1-2H3,(H2,21,22,23);1H. The van der Waals surface area contributed by atoms with E-state index in [4.69, 9.17) is 4.52 Å². The second-order valence-electron chi connectivity index (χ2n) is 5.81. The van der Waals surface area contributed by atoms with Crippen LogP contribution in [0.25, 0.3) is 11.3 Å². The van der Waals surface area contributed by atoms with Crippen LogP contribution in [0.3, 0.4) is 0 Å². The van der Waals surface area contributed by atoms with Gasteiger partial charge >= 0.3 is 0 Å². The van der Waals surface area contributed by atoms with E-state index in [0.29, 0.717) is 13.1 Å². The van der Waals surface area contributed by atoms with Crippen molar-refractivity contribution in [2.75, 3.05) is 7.05 Å². The van der Waals surface area contributed by atoms with Crippen LogP contribution >= 0.6 is 24.0 Å². The lowest BCUT2D eigenvalue weighted by molar-refractivity contribution is 0.422. The fourth-order valence-corrected chi connectivity index (χ4v) is 2.42. The minimum atomic E-state index is 0. The first kappa shape index (κ1) is 20.0. The fourth-order valence-electron chi connectivity index (χ4n) is 2.42. The molecular weight excluding hydrogens is 439 g/mol. The van der Waals surface area contributed by atoms with Gasteiger partial charge in [0.05, 0.1) is 6.54 Å². The van der Waals surface area contributed by atoms with Crippen molar-refractivity contribution in [2.45, 2.75) is 20.0 Å². The molecule has 26 heavy (non-hydrogen) atoms. The van der Waals surface area contributed by atoms with E-state index in [1.165, 1.54) is 11.1 Å². The number of nitrogens with one attached hydrogen (secondary N) is 2. The van der Waals surface area contributed by atoms with Gasteiger partial charge in [-0.05, 0) is 12.5 Å². The summed E-state index contributed by atoms with van der Waals surface area (Å²) in [5.74, 6) is 1.49. The number of hydrogen-bond acceptors (Lipinski definition) is 3. The lowest BCUT2D eigenvalue weighted by Gasteiger charge is -2.11. The monoisotopic (exact) mass is 462 g/mol. The Labute approximate surface area is 170 Å². The topological polar surface area (TPSA) is 62.5 Å². The van der Waals surface area contributed by atoms with Gasteiger partial charge in [0.15, 0.2) is 11.7 Å². The number of halogens is 1. The second-order valence-corrected chi connectivity index (χ2v) is 5.81. The first-order valence-electron chi connectivity index (χ1n) is 8.25. The van der Waals surface area contributed by atoms with E-state index in [9.17, 15) is 0 Å². The minimum Gasteiger partial charge on any atom is -0.356 e. The van der Waals surface area contributed by atoms with Crippen LogP contribution in [-0.2, 0) is 13.1 Å². The number of aryl methyl sites for hydroxylation is 1. The maximum atomic E-state index is 5.41. The van der Waals surface area contributed by atoms with Crippen LogP contribution in [0.1, 0.15) is 16.8 Å². The number of rotatable bonds is 5. The van der Waals surface area contributed by atoms with Crippen molar-refractivity contribution in [3.8, 4) is 11.3 Å². The number of hydrogen-bond donors (Lipinski definition) is 2. The molecule has 2 N–H and O–H groups in total. The summed E-state index contributed by atoms with van der Waals surface area (Å²) in [7, 11) is 1.75. The molecule has 0 saturated heterocycles. The maximum absolute atomic E-state index is 5.41. The Morgan fingerprint density at radius 1 is 1.00 bits per heavy atom. The summed E-state index contributed by atoms with van der Waals surface area (Å²) in [4.78, 5) is 4.24. The van der Waals surface area contributed by atoms with Crippen LogP contribution < -0.4 is 10.6 Å². The van der Waals surface area contributed by atoms with Crippen molar-refractivity contribution in [1.29, 1.82) is 0 Å². The molecule has 1 aromatic heterocycles. The van der Waals surface area contributed by atoms with E-state index in [1.807, 2.05) is 36.4 Å². The fraction of sp³-hybridized carbons (Fsp3) is 0.200. The van der Waals surface area contributed by atoms with E-state index in [0.717, 1.165) is 23.0 Å². The van der Waals surface area contributed by atoms with Crippen molar-refractivity contribution < 1.29 is 4.52 Å². The predicted octanol–water partition coefficient (Wildman–Crippen LogP) is 4.13. The summed E-state index contributed by atoms with van der Waals surface area (Å²) in [6.45, 7) is 3.34. The molecule has 0 bridgehead atoms. The molecule has 5 nitrogen and oxygen atoms in total. The van der Waals surface area contributed by atoms with E-state index in [2.05, 4.69) is 52.0 Å². The Morgan fingerprint density at radius 3 is 2.38 bits per heavy atom. The van der Waals surface area contributed by atoms with Gasteiger partial charge < -0.3 is 15.2 Å². The highest BCUT2D eigenvalue weighted by Gasteiger charge is 2.07. The van der Waals surface area contributed by atoms with Gasteiger partial charge in [0.2, 0.25) is 0 Å². The van der Waals surface area contributed by atoms with Gasteiger partial charge in [-0.1, -0.05) is 65.3 Å². The Morgan fingerprint density at radius 2 is 1.69 bits per heavy atom. The molecule has 0 fully saturated rings. The average molecular weight is 462 g/mol. The van der Waals surface area contributed by atoms with Gasteiger partial charge in [0.1, 0.15) is 5.69 Å². The van der Waals surface area contributed by atoms with Crippen LogP contribution in [0.4, 0.5) is 0 Å². The van der Waals surface area contributed by atoms with E-state index >= 15 is 0 Å². The van der Waals surface area contributed by atoms with Gasteiger partial charge in [0.25, 0.3) is 0 Å². The normalized spacial score (nSPS) is 10.9. The summed E-state index contributed by atoms with van der Waals surface area (Å²) >= 11 is 0. The second kappa shape index (κ2) is 9.96. The summed E-state index contributed by atoms with van der Waals surface area (Å²) in [5.41, 5.74) is 4.31. The molecule has 0 amide bonds. The minimum absolute atomic E-state index is 0. The molecule has 0 aliphatic heterocycles. The van der Waals surface area contributed by atoms with Crippen LogP contribution in [0.5, 0.6) is 0 Å². The van der Waals surface area contributed by atoms with Crippen LogP contribution in [0.2, 0.25) is 0 Å². The number of nitrogens with zero attached hydrogens (tertiary/aromatic N) is 2. The van der Waals surface area contributed by atoms with E-state index < -0.39 is 0 Å². The zero-order chi connectivity index (χ0) is 17.5. The van der Waals surface area contributed by atoms with Crippen molar-refractivity contribution >= 4 is 29.9 Å².